The number of hydrogen-bond acceptors (Lipinski definition) is 7. The normalized spacial score (nSPS) is 11.1. The molecule has 0 fully saturated rings. The molecule has 2 aromatic rings. The first-order chi connectivity index (χ1) is 9.78. The number of anilines is 3. The van der Waals surface area contributed by atoms with Gasteiger partial charge in [-0.2, -0.15) is 8.42 Å². The molecule has 0 aliphatic carbocycles. The monoisotopic (exact) mass is 347 g/mol. The molecule has 0 bridgehead atoms. The number of sulfonamides is 1. The summed E-state index contributed by atoms with van der Waals surface area (Å²) < 4.78 is 26.3. The van der Waals surface area contributed by atoms with E-state index in [9.17, 15) is 13.2 Å². The molecule has 2 rings (SSSR count). The van der Waals surface area contributed by atoms with Gasteiger partial charge in [-0.1, -0.05) is 22.9 Å². The fourth-order valence-electron chi connectivity index (χ4n) is 1.33. The number of benzene rings is 1. The quantitative estimate of drug-likeness (QED) is 0.568. The molecule has 112 valence electrons. The Morgan fingerprint density at radius 3 is 2.76 bits per heavy atom. The first-order valence-electron chi connectivity index (χ1n) is 5.47. The Kier molecular flexibility index (Phi) is 4.30. The Balaban J connectivity index is 2.28. The van der Waals surface area contributed by atoms with Crippen LogP contribution in [0, 0.1) is 0 Å². The van der Waals surface area contributed by atoms with Crippen molar-refractivity contribution in [3.8, 4) is 0 Å². The van der Waals surface area contributed by atoms with Crippen molar-refractivity contribution in [2.24, 2.45) is 0 Å². The lowest BCUT2D eigenvalue weighted by molar-refractivity contribution is -0.114. The number of nitrogens with one attached hydrogen (secondary N) is 2. The molecule has 0 spiro atoms. The molecule has 21 heavy (non-hydrogen) atoms. The molecule has 1 heterocycles. The third kappa shape index (κ3) is 3.80. The Bertz CT molecular complexity index is 790. The zero-order chi connectivity index (χ0) is 15.6. The largest absolute Gasteiger partial charge is 0.399 e. The molecule has 0 aliphatic heterocycles. The Labute approximate surface area is 129 Å². The zero-order valence-electron chi connectivity index (χ0n) is 10.6. The smallest absolute Gasteiger partial charge is 0.291 e. The second-order valence-corrected chi connectivity index (χ2v) is 7.14. The van der Waals surface area contributed by atoms with Gasteiger partial charge in [0.1, 0.15) is 0 Å². The van der Waals surface area contributed by atoms with Gasteiger partial charge in [0.2, 0.25) is 11.0 Å². The summed E-state index contributed by atoms with van der Waals surface area (Å²) in [6.07, 6.45) is 0. The number of hydrogen-bond donors (Lipinski definition) is 3. The molecule has 0 unspecified atom stereocenters. The molecule has 0 saturated carbocycles. The van der Waals surface area contributed by atoms with Crippen molar-refractivity contribution in [2.45, 2.75) is 11.3 Å². The van der Waals surface area contributed by atoms with Crippen molar-refractivity contribution in [1.82, 2.24) is 10.2 Å². The minimum absolute atomic E-state index is 0.0848. The van der Waals surface area contributed by atoms with E-state index in [0.717, 1.165) is 11.3 Å². The third-order valence-corrected chi connectivity index (χ3v) is 5.06. The van der Waals surface area contributed by atoms with Crippen LogP contribution in [0.1, 0.15) is 6.92 Å². The van der Waals surface area contributed by atoms with Gasteiger partial charge in [-0.25, -0.2) is 0 Å². The van der Waals surface area contributed by atoms with Crippen LogP contribution in [-0.4, -0.2) is 24.5 Å². The summed E-state index contributed by atoms with van der Waals surface area (Å²) in [5.41, 5.74) is 6.06. The zero-order valence-corrected chi connectivity index (χ0v) is 13.0. The number of aromatic nitrogens is 2. The lowest BCUT2D eigenvalue weighted by atomic mass is 10.3. The van der Waals surface area contributed by atoms with Gasteiger partial charge < -0.3 is 11.1 Å². The van der Waals surface area contributed by atoms with Gasteiger partial charge in [0.05, 0.1) is 10.7 Å². The van der Waals surface area contributed by atoms with Gasteiger partial charge in [0.25, 0.3) is 14.4 Å². The highest BCUT2D eigenvalue weighted by Gasteiger charge is 2.21. The number of carbonyl (C=O) groups excluding carboxylic acids is 1. The third-order valence-electron chi connectivity index (χ3n) is 2.15. The lowest BCUT2D eigenvalue weighted by Gasteiger charge is -2.07. The molecule has 0 saturated heterocycles. The summed E-state index contributed by atoms with van der Waals surface area (Å²) in [5, 5.41) is 9.71. The number of nitrogen functional groups attached to an aromatic ring is 1. The topological polar surface area (TPSA) is 127 Å². The highest BCUT2D eigenvalue weighted by molar-refractivity contribution is 7.94. The summed E-state index contributed by atoms with van der Waals surface area (Å²) in [6.45, 7) is 1.28. The molecular weight excluding hydrogens is 338 g/mol. The van der Waals surface area contributed by atoms with Crippen LogP contribution < -0.4 is 15.8 Å². The summed E-state index contributed by atoms with van der Waals surface area (Å²) >= 11 is 6.61. The Hall–Kier alpha value is -1.91. The highest BCUT2D eigenvalue weighted by atomic mass is 35.5. The number of nitrogens with two attached hydrogens (primary N) is 1. The molecule has 8 nitrogen and oxygen atoms in total. The van der Waals surface area contributed by atoms with Gasteiger partial charge in [-0.05, 0) is 18.2 Å². The predicted molar refractivity (Wildman–Crippen MR) is 80.9 cm³/mol. The fraction of sp³-hybridized carbons (Fsp3) is 0.100. The van der Waals surface area contributed by atoms with E-state index in [1.165, 1.54) is 19.1 Å². The van der Waals surface area contributed by atoms with Crippen molar-refractivity contribution in [1.29, 1.82) is 0 Å². The van der Waals surface area contributed by atoms with Gasteiger partial charge >= 0.3 is 0 Å². The fourth-order valence-corrected chi connectivity index (χ4v) is 3.57. The van der Waals surface area contributed by atoms with E-state index in [2.05, 4.69) is 20.2 Å². The molecule has 0 aliphatic rings. The Morgan fingerprint density at radius 1 is 1.38 bits per heavy atom. The summed E-state index contributed by atoms with van der Waals surface area (Å²) in [7, 11) is -3.96. The van der Waals surface area contributed by atoms with Gasteiger partial charge in [-0.3, -0.25) is 9.52 Å². The van der Waals surface area contributed by atoms with Crippen LogP contribution in [0.4, 0.5) is 16.5 Å². The number of nitrogens with zero attached hydrogens (tertiary/aromatic N) is 2. The van der Waals surface area contributed by atoms with Crippen LogP contribution >= 0.6 is 22.9 Å². The number of rotatable bonds is 4. The minimum atomic E-state index is -3.96. The average Bonchev–Trinajstić information content (AvgIpc) is 2.82. The van der Waals surface area contributed by atoms with Crippen molar-refractivity contribution in [2.75, 3.05) is 15.8 Å². The first kappa shape index (κ1) is 15.5. The molecule has 0 radical (unpaired) electrons. The van der Waals surface area contributed by atoms with Gasteiger partial charge in [0.15, 0.2) is 0 Å². The van der Waals surface area contributed by atoms with Crippen molar-refractivity contribution < 1.29 is 13.2 Å². The van der Waals surface area contributed by atoms with E-state index < -0.39 is 10.0 Å². The van der Waals surface area contributed by atoms with E-state index in [4.69, 9.17) is 17.3 Å². The van der Waals surface area contributed by atoms with Crippen molar-refractivity contribution in [3.05, 3.63) is 23.2 Å². The predicted octanol–water partition coefficient (Wildman–Crippen LogP) is 1.53. The van der Waals surface area contributed by atoms with E-state index in [1.807, 2.05) is 0 Å². The van der Waals surface area contributed by atoms with E-state index in [-0.39, 0.29) is 26.1 Å². The van der Waals surface area contributed by atoms with Crippen LogP contribution in [0.15, 0.2) is 22.5 Å². The maximum Gasteiger partial charge on any atom is 0.291 e. The lowest BCUT2D eigenvalue weighted by Crippen LogP contribution is -2.13. The maximum atomic E-state index is 12.1. The average molecular weight is 348 g/mol. The van der Waals surface area contributed by atoms with E-state index in [0.29, 0.717) is 5.69 Å². The van der Waals surface area contributed by atoms with Crippen LogP contribution in [0.5, 0.6) is 0 Å². The van der Waals surface area contributed by atoms with Crippen LogP contribution in [-0.2, 0) is 14.8 Å². The molecular formula is C10H10ClN5O3S2. The SMILES string of the molecule is CC(=O)Nc1nnc(S(=O)(=O)Nc2cc(N)ccc2Cl)s1. The van der Waals surface area contributed by atoms with E-state index in [1.54, 1.807) is 6.07 Å². The number of halogens is 1. The minimum Gasteiger partial charge on any atom is -0.399 e. The van der Waals surface area contributed by atoms with Crippen LogP contribution in [0.25, 0.3) is 0 Å². The second-order valence-electron chi connectivity index (χ2n) is 3.90. The molecule has 1 aromatic carbocycles. The van der Waals surface area contributed by atoms with Crippen molar-refractivity contribution in [3.63, 3.8) is 0 Å². The summed E-state index contributed by atoms with van der Waals surface area (Å²) in [6, 6.07) is 4.40. The summed E-state index contributed by atoms with van der Waals surface area (Å²) in [5.74, 6) is -0.373. The van der Waals surface area contributed by atoms with E-state index >= 15 is 0 Å². The first-order valence-corrected chi connectivity index (χ1v) is 8.14. The summed E-state index contributed by atoms with van der Waals surface area (Å²) in [4.78, 5) is 10.9. The van der Waals surface area contributed by atoms with Gasteiger partial charge in [0, 0.05) is 12.6 Å². The van der Waals surface area contributed by atoms with Crippen molar-refractivity contribution >= 4 is 55.4 Å². The standard InChI is InChI=1S/C10H10ClN5O3S2/c1-5(17)13-9-14-15-10(20-9)21(18,19)16-8-4-6(12)2-3-7(8)11/h2-4,16H,12H2,1H3,(H,13,14,17). The van der Waals surface area contributed by atoms with Crippen LogP contribution in [0.2, 0.25) is 5.02 Å². The molecule has 1 aromatic heterocycles. The highest BCUT2D eigenvalue weighted by Crippen LogP contribution is 2.28. The molecule has 4 N–H and O–H groups in total. The van der Waals surface area contributed by atoms with Gasteiger partial charge in [-0.15, -0.1) is 10.2 Å². The molecule has 11 heteroatoms. The van der Waals surface area contributed by atoms with Crippen LogP contribution in [0.3, 0.4) is 0 Å². The Morgan fingerprint density at radius 2 is 2.10 bits per heavy atom. The molecule has 1 amide bonds. The number of amides is 1. The molecule has 0 atom stereocenters. The second kappa shape index (κ2) is 5.84. The number of carbonyl (C=O) groups is 1. The maximum absolute atomic E-state index is 12.1.